The first-order valence-electron chi connectivity index (χ1n) is 23.3. The Balaban J connectivity index is 0.905. The predicted octanol–water partition coefficient (Wildman–Crippen LogP) is 18.8. The maximum atomic E-state index is 2.39. The van der Waals surface area contributed by atoms with Gasteiger partial charge in [-0.1, -0.05) is 194 Å². The average Bonchev–Trinajstić information content (AvgIpc) is 3.42. The van der Waals surface area contributed by atoms with Crippen LogP contribution >= 0.6 is 0 Å². The quantitative estimate of drug-likeness (QED) is 0.126. The zero-order valence-electron chi connectivity index (χ0n) is 37.5. The molecule has 68 heavy (non-hydrogen) atoms. The predicted molar refractivity (Wildman–Crippen MR) is 290 cm³/mol. The van der Waals surface area contributed by atoms with Gasteiger partial charge in [0.15, 0.2) is 0 Å². The lowest BCUT2D eigenvalue weighted by molar-refractivity contribution is 1.28. The minimum Gasteiger partial charge on any atom is -0.311 e. The summed E-state index contributed by atoms with van der Waals surface area (Å²) in [6.45, 7) is 0. The van der Waals surface area contributed by atoms with E-state index in [4.69, 9.17) is 0 Å². The third kappa shape index (κ3) is 7.64. The summed E-state index contributed by atoms with van der Waals surface area (Å²) in [4.78, 5) is 4.60. The topological polar surface area (TPSA) is 6.48 Å². The number of fused-ring (bicyclic) bond motifs is 5. The molecule has 320 valence electrons. The van der Waals surface area contributed by atoms with Crippen LogP contribution in [0.25, 0.3) is 76.8 Å². The smallest absolute Gasteiger partial charge is 0.0462 e. The van der Waals surface area contributed by atoms with Gasteiger partial charge in [-0.05, 0) is 162 Å². The molecule has 12 aromatic rings. The molecule has 12 rings (SSSR count). The molecular formula is C66H46N2. The van der Waals surface area contributed by atoms with Crippen molar-refractivity contribution in [1.29, 1.82) is 0 Å². The lowest BCUT2D eigenvalue weighted by atomic mass is 9.85. The van der Waals surface area contributed by atoms with Crippen molar-refractivity contribution in [3.05, 3.63) is 279 Å². The fourth-order valence-corrected chi connectivity index (χ4v) is 9.93. The summed E-state index contributed by atoms with van der Waals surface area (Å²) in [5.41, 5.74) is 16.3. The lowest BCUT2D eigenvalue weighted by Gasteiger charge is -2.25. The Bertz CT molecular complexity index is 3340. The Kier molecular flexibility index (Phi) is 10.6. The second-order valence-electron chi connectivity index (χ2n) is 17.3. The van der Waals surface area contributed by atoms with Crippen LogP contribution in [0.5, 0.6) is 0 Å². The molecule has 0 amide bonds. The summed E-state index contributed by atoms with van der Waals surface area (Å²) >= 11 is 0. The molecule has 0 saturated heterocycles. The highest BCUT2D eigenvalue weighted by atomic mass is 15.1. The summed E-state index contributed by atoms with van der Waals surface area (Å²) in [6, 6.07) is 101. The monoisotopic (exact) mass is 866 g/mol. The summed E-state index contributed by atoms with van der Waals surface area (Å²) in [7, 11) is 0. The maximum absolute atomic E-state index is 2.39. The van der Waals surface area contributed by atoms with Crippen molar-refractivity contribution in [2.75, 3.05) is 9.80 Å². The van der Waals surface area contributed by atoms with Gasteiger partial charge in [0.05, 0.1) is 0 Å². The SMILES string of the molecule is c1ccc(N(c2ccccc2)c2ccc(-c3ccc(-c4cc5ccccc5c5c(-c6ccc(-c7ccc(N(c8ccccc8)c8ccccc8)cc7)cc6)cc6ccccc6c45)cc3)cc2)cc1. The highest BCUT2D eigenvalue weighted by Gasteiger charge is 2.18. The van der Waals surface area contributed by atoms with E-state index in [1.54, 1.807) is 0 Å². The largest absolute Gasteiger partial charge is 0.311 e. The fraction of sp³-hybridized carbons (Fsp3) is 0. The van der Waals surface area contributed by atoms with Crippen LogP contribution in [-0.2, 0) is 0 Å². The molecule has 0 N–H and O–H groups in total. The highest BCUT2D eigenvalue weighted by molar-refractivity contribution is 6.27. The standard InChI is InChI=1S/C66H46N2/c1-5-19-55(20-6-1)67(56-21-7-2-8-22-56)59-41-37-49(38-42-59)47-29-33-51(34-30-47)63-45-53-17-13-16-28-62(53)66-64(46-54-18-14-15-27-61(54)65(63)66)52-35-31-48(32-36-52)50-39-43-60(44-40-50)68(57-23-9-3-10-24-57)58-25-11-4-12-26-58/h1-46H. The Labute approximate surface area is 397 Å². The van der Waals surface area contributed by atoms with Gasteiger partial charge in [0.25, 0.3) is 0 Å². The molecule has 0 unspecified atom stereocenters. The third-order valence-corrected chi connectivity index (χ3v) is 13.2. The first-order valence-corrected chi connectivity index (χ1v) is 23.3. The molecule has 0 fully saturated rings. The molecular weight excluding hydrogens is 821 g/mol. The molecule has 12 aromatic carbocycles. The maximum Gasteiger partial charge on any atom is 0.0462 e. The average molecular weight is 867 g/mol. The van der Waals surface area contributed by atoms with Crippen molar-refractivity contribution in [3.8, 4) is 44.5 Å². The number of hydrogen-bond donors (Lipinski definition) is 0. The Morgan fingerprint density at radius 2 is 0.426 bits per heavy atom. The van der Waals surface area contributed by atoms with Crippen LogP contribution in [0.2, 0.25) is 0 Å². The number of para-hydroxylation sites is 4. The minimum absolute atomic E-state index is 1.12. The zero-order valence-corrected chi connectivity index (χ0v) is 37.5. The number of benzene rings is 12. The van der Waals surface area contributed by atoms with Crippen molar-refractivity contribution >= 4 is 66.4 Å². The number of nitrogens with zero attached hydrogens (tertiary/aromatic N) is 2. The Morgan fingerprint density at radius 1 is 0.191 bits per heavy atom. The van der Waals surface area contributed by atoms with Crippen molar-refractivity contribution in [3.63, 3.8) is 0 Å². The van der Waals surface area contributed by atoms with Gasteiger partial charge >= 0.3 is 0 Å². The van der Waals surface area contributed by atoms with E-state index in [1.807, 2.05) is 0 Å². The highest BCUT2D eigenvalue weighted by Crippen LogP contribution is 2.45. The Morgan fingerprint density at radius 3 is 0.735 bits per heavy atom. The normalized spacial score (nSPS) is 11.2. The second-order valence-corrected chi connectivity index (χ2v) is 17.3. The van der Waals surface area contributed by atoms with Crippen molar-refractivity contribution in [1.82, 2.24) is 0 Å². The molecule has 0 radical (unpaired) electrons. The molecule has 0 aromatic heterocycles. The number of hydrogen-bond acceptors (Lipinski definition) is 2. The zero-order chi connectivity index (χ0) is 45.2. The van der Waals surface area contributed by atoms with Gasteiger partial charge in [-0.2, -0.15) is 0 Å². The van der Waals surface area contributed by atoms with Crippen LogP contribution in [0.15, 0.2) is 279 Å². The second kappa shape index (κ2) is 17.8. The van der Waals surface area contributed by atoms with Crippen LogP contribution in [0.4, 0.5) is 34.1 Å². The van der Waals surface area contributed by atoms with Crippen molar-refractivity contribution in [2.45, 2.75) is 0 Å². The summed E-state index contributed by atoms with van der Waals surface area (Å²) in [5, 5.41) is 7.51. The molecule has 2 heteroatoms. The van der Waals surface area contributed by atoms with Crippen molar-refractivity contribution in [2.24, 2.45) is 0 Å². The van der Waals surface area contributed by atoms with Gasteiger partial charge in [-0.15, -0.1) is 0 Å². The van der Waals surface area contributed by atoms with E-state index < -0.39 is 0 Å². The van der Waals surface area contributed by atoms with Gasteiger partial charge in [-0.3, -0.25) is 0 Å². The van der Waals surface area contributed by atoms with Crippen LogP contribution in [0.1, 0.15) is 0 Å². The van der Waals surface area contributed by atoms with Gasteiger partial charge in [-0.25, -0.2) is 0 Å². The fourth-order valence-electron chi connectivity index (χ4n) is 9.93. The van der Waals surface area contributed by atoms with Gasteiger partial charge in [0, 0.05) is 34.1 Å². The molecule has 0 saturated carbocycles. The molecule has 0 aliphatic carbocycles. The first-order chi connectivity index (χ1) is 33.7. The minimum atomic E-state index is 1.12. The van der Waals surface area contributed by atoms with E-state index in [0.717, 1.165) is 34.1 Å². The number of rotatable bonds is 10. The van der Waals surface area contributed by atoms with Crippen molar-refractivity contribution < 1.29 is 0 Å². The molecule has 0 spiro atoms. The molecule has 0 atom stereocenters. The van der Waals surface area contributed by atoms with Crippen LogP contribution in [-0.4, -0.2) is 0 Å². The van der Waals surface area contributed by atoms with E-state index in [9.17, 15) is 0 Å². The van der Waals surface area contributed by atoms with Crippen LogP contribution in [0.3, 0.4) is 0 Å². The summed E-state index contributed by atoms with van der Waals surface area (Å²) in [6.07, 6.45) is 0. The summed E-state index contributed by atoms with van der Waals surface area (Å²) in [5.74, 6) is 0. The molecule has 2 nitrogen and oxygen atoms in total. The van der Waals surface area contributed by atoms with Gasteiger partial charge in [0.1, 0.15) is 0 Å². The van der Waals surface area contributed by atoms with Gasteiger partial charge < -0.3 is 9.80 Å². The van der Waals surface area contributed by atoms with E-state index >= 15 is 0 Å². The number of anilines is 6. The van der Waals surface area contributed by atoms with E-state index in [2.05, 4.69) is 289 Å². The molecule has 0 aliphatic rings. The first kappa shape index (κ1) is 40.5. The summed E-state index contributed by atoms with van der Waals surface area (Å²) < 4.78 is 0. The van der Waals surface area contributed by atoms with E-state index in [-0.39, 0.29) is 0 Å². The molecule has 0 bridgehead atoms. The van der Waals surface area contributed by atoms with Gasteiger partial charge in [0.2, 0.25) is 0 Å². The lowest BCUT2D eigenvalue weighted by Crippen LogP contribution is -2.09. The molecule has 0 aliphatic heterocycles. The Hall–Kier alpha value is -8.98. The van der Waals surface area contributed by atoms with E-state index in [0.29, 0.717) is 0 Å². The van der Waals surface area contributed by atoms with E-state index in [1.165, 1.54) is 76.8 Å². The van der Waals surface area contributed by atoms with Crippen LogP contribution < -0.4 is 9.80 Å². The molecule has 0 heterocycles. The van der Waals surface area contributed by atoms with Crippen LogP contribution in [0, 0.1) is 0 Å². The third-order valence-electron chi connectivity index (χ3n) is 13.2.